The second-order valence-corrected chi connectivity index (χ2v) is 9.03. The standard InChI is InChI=1S/C29H29FN4O2/c1-22-18-24(12-13-26(22)30)20-32-14-16-33(17-15-32)27-19-31-34(25-10-6-3-7-11-25)29(35)28(27)36-21-23-8-4-2-5-9-23/h2-13,18-19H,14-17,20-21H2,1H3. The Morgan fingerprint density at radius 2 is 1.58 bits per heavy atom. The first-order chi connectivity index (χ1) is 17.6. The van der Waals surface area contributed by atoms with Crippen molar-refractivity contribution in [3.05, 3.63) is 118 Å². The largest absolute Gasteiger partial charge is 0.481 e. The highest BCUT2D eigenvalue weighted by Gasteiger charge is 2.24. The minimum absolute atomic E-state index is 0.177. The highest BCUT2D eigenvalue weighted by Crippen LogP contribution is 2.27. The van der Waals surface area contributed by atoms with E-state index in [0.29, 0.717) is 29.3 Å². The summed E-state index contributed by atoms with van der Waals surface area (Å²) in [5, 5.41) is 4.48. The molecule has 4 aromatic rings. The third-order valence-corrected chi connectivity index (χ3v) is 6.48. The van der Waals surface area contributed by atoms with E-state index in [4.69, 9.17) is 4.74 Å². The molecule has 7 heteroatoms. The van der Waals surface area contributed by atoms with E-state index in [2.05, 4.69) is 14.9 Å². The van der Waals surface area contributed by atoms with Crippen LogP contribution in [0.4, 0.5) is 10.1 Å². The summed E-state index contributed by atoms with van der Waals surface area (Å²) in [6.45, 7) is 5.95. The fourth-order valence-electron chi connectivity index (χ4n) is 4.48. The quantitative estimate of drug-likeness (QED) is 0.384. The van der Waals surface area contributed by atoms with Crippen LogP contribution in [0.2, 0.25) is 0 Å². The maximum absolute atomic E-state index is 13.6. The van der Waals surface area contributed by atoms with Crippen molar-refractivity contribution in [1.82, 2.24) is 14.7 Å². The highest BCUT2D eigenvalue weighted by molar-refractivity contribution is 5.57. The Bertz CT molecular complexity index is 1370. The van der Waals surface area contributed by atoms with Gasteiger partial charge in [-0.25, -0.2) is 4.39 Å². The Labute approximate surface area is 210 Å². The van der Waals surface area contributed by atoms with Gasteiger partial charge < -0.3 is 9.64 Å². The first kappa shape index (κ1) is 23.8. The molecule has 0 N–H and O–H groups in total. The van der Waals surface area contributed by atoms with Crippen molar-refractivity contribution >= 4 is 5.69 Å². The molecule has 36 heavy (non-hydrogen) atoms. The molecule has 1 aromatic heterocycles. The van der Waals surface area contributed by atoms with Crippen LogP contribution >= 0.6 is 0 Å². The lowest BCUT2D eigenvalue weighted by Crippen LogP contribution is -2.46. The van der Waals surface area contributed by atoms with Crippen LogP contribution in [-0.2, 0) is 13.2 Å². The molecular formula is C29H29FN4O2. The fourth-order valence-corrected chi connectivity index (χ4v) is 4.48. The summed E-state index contributed by atoms with van der Waals surface area (Å²) in [4.78, 5) is 18.0. The topological polar surface area (TPSA) is 50.6 Å². The zero-order valence-electron chi connectivity index (χ0n) is 20.3. The third kappa shape index (κ3) is 5.31. The predicted octanol–water partition coefficient (Wildman–Crippen LogP) is 4.58. The number of aryl methyl sites for hydroxylation is 1. The molecule has 5 rings (SSSR count). The van der Waals surface area contributed by atoms with E-state index in [1.165, 1.54) is 10.7 Å². The van der Waals surface area contributed by atoms with Crippen LogP contribution in [0.15, 0.2) is 89.9 Å². The molecule has 0 radical (unpaired) electrons. The van der Waals surface area contributed by atoms with Crippen molar-refractivity contribution in [1.29, 1.82) is 0 Å². The molecule has 2 heterocycles. The van der Waals surface area contributed by atoms with Gasteiger partial charge in [-0.1, -0.05) is 60.7 Å². The van der Waals surface area contributed by atoms with Crippen molar-refractivity contribution in [3.63, 3.8) is 0 Å². The molecule has 1 fully saturated rings. The van der Waals surface area contributed by atoms with Gasteiger partial charge in [-0.15, -0.1) is 0 Å². The molecule has 0 bridgehead atoms. The molecule has 1 saturated heterocycles. The number of rotatable bonds is 7. The number of para-hydroxylation sites is 1. The zero-order valence-corrected chi connectivity index (χ0v) is 20.3. The maximum Gasteiger partial charge on any atom is 0.316 e. The first-order valence-corrected chi connectivity index (χ1v) is 12.2. The SMILES string of the molecule is Cc1cc(CN2CCN(c3cnn(-c4ccccc4)c(=O)c3OCc3ccccc3)CC2)ccc1F. The van der Waals surface area contributed by atoms with Crippen LogP contribution in [0.5, 0.6) is 5.75 Å². The van der Waals surface area contributed by atoms with Crippen molar-refractivity contribution in [3.8, 4) is 11.4 Å². The molecule has 0 aliphatic carbocycles. The number of hydrogen-bond acceptors (Lipinski definition) is 5. The van der Waals surface area contributed by atoms with Gasteiger partial charge >= 0.3 is 5.56 Å². The molecule has 1 aliphatic heterocycles. The number of benzene rings is 3. The highest BCUT2D eigenvalue weighted by atomic mass is 19.1. The van der Waals surface area contributed by atoms with Crippen LogP contribution < -0.4 is 15.2 Å². The Balaban J connectivity index is 1.36. The van der Waals surface area contributed by atoms with Gasteiger partial charge in [-0.05, 0) is 41.8 Å². The lowest BCUT2D eigenvalue weighted by atomic mass is 10.1. The number of halogens is 1. The molecule has 0 atom stereocenters. The normalized spacial score (nSPS) is 14.1. The molecule has 3 aromatic carbocycles. The number of piperazine rings is 1. The molecule has 0 spiro atoms. The number of aromatic nitrogens is 2. The fraction of sp³-hybridized carbons (Fsp3) is 0.241. The van der Waals surface area contributed by atoms with Gasteiger partial charge in [0.1, 0.15) is 18.1 Å². The first-order valence-electron chi connectivity index (χ1n) is 12.2. The van der Waals surface area contributed by atoms with Gasteiger partial charge in [0.15, 0.2) is 0 Å². The third-order valence-electron chi connectivity index (χ3n) is 6.48. The number of hydrogen-bond donors (Lipinski definition) is 0. The average Bonchev–Trinajstić information content (AvgIpc) is 2.91. The molecule has 0 amide bonds. The van der Waals surface area contributed by atoms with E-state index in [1.54, 1.807) is 13.1 Å². The number of ether oxygens (including phenoxy) is 1. The summed E-state index contributed by atoms with van der Waals surface area (Å²) < 4.78 is 21.2. The van der Waals surface area contributed by atoms with E-state index in [-0.39, 0.29) is 11.4 Å². The van der Waals surface area contributed by atoms with Crippen molar-refractivity contribution in [2.45, 2.75) is 20.1 Å². The van der Waals surface area contributed by atoms with Crippen LogP contribution in [0, 0.1) is 12.7 Å². The summed E-state index contributed by atoms with van der Waals surface area (Å²) in [5.41, 5.74) is 3.88. The molecule has 0 unspecified atom stereocenters. The van der Waals surface area contributed by atoms with Gasteiger partial charge in [0.2, 0.25) is 5.75 Å². The van der Waals surface area contributed by atoms with Crippen molar-refractivity contribution in [2.75, 3.05) is 31.1 Å². The average molecular weight is 485 g/mol. The maximum atomic E-state index is 13.6. The zero-order chi connectivity index (χ0) is 24.9. The molecule has 0 saturated carbocycles. The van der Waals surface area contributed by atoms with Gasteiger partial charge in [-0.2, -0.15) is 9.78 Å². The number of anilines is 1. The lowest BCUT2D eigenvalue weighted by molar-refractivity contribution is 0.247. The summed E-state index contributed by atoms with van der Waals surface area (Å²) in [6.07, 6.45) is 1.73. The molecule has 6 nitrogen and oxygen atoms in total. The molecular weight excluding hydrogens is 455 g/mol. The van der Waals surface area contributed by atoms with Gasteiger partial charge in [0.05, 0.1) is 11.9 Å². The second kappa shape index (κ2) is 10.7. The van der Waals surface area contributed by atoms with E-state index in [1.807, 2.05) is 72.8 Å². The minimum Gasteiger partial charge on any atom is -0.481 e. The monoisotopic (exact) mass is 484 g/mol. The summed E-state index contributed by atoms with van der Waals surface area (Å²) in [7, 11) is 0. The second-order valence-electron chi connectivity index (χ2n) is 9.03. The van der Waals surface area contributed by atoms with Gasteiger partial charge in [0, 0.05) is 32.7 Å². The van der Waals surface area contributed by atoms with E-state index >= 15 is 0 Å². The van der Waals surface area contributed by atoms with Crippen molar-refractivity contribution in [2.24, 2.45) is 0 Å². The molecule has 184 valence electrons. The summed E-state index contributed by atoms with van der Waals surface area (Å²) in [5.74, 6) is 0.129. The van der Waals surface area contributed by atoms with Crippen LogP contribution in [0.1, 0.15) is 16.7 Å². The Morgan fingerprint density at radius 1 is 0.889 bits per heavy atom. The Morgan fingerprint density at radius 3 is 2.28 bits per heavy atom. The Hall–Kier alpha value is -3.97. The van der Waals surface area contributed by atoms with Gasteiger partial charge in [0.25, 0.3) is 0 Å². The summed E-state index contributed by atoms with van der Waals surface area (Å²) in [6, 6.07) is 24.5. The van der Waals surface area contributed by atoms with Crippen LogP contribution in [0.3, 0.4) is 0 Å². The van der Waals surface area contributed by atoms with Gasteiger partial charge in [-0.3, -0.25) is 9.69 Å². The van der Waals surface area contributed by atoms with E-state index < -0.39 is 0 Å². The summed E-state index contributed by atoms with van der Waals surface area (Å²) >= 11 is 0. The van der Waals surface area contributed by atoms with Crippen molar-refractivity contribution < 1.29 is 9.13 Å². The van der Waals surface area contributed by atoms with E-state index in [0.717, 1.165) is 43.9 Å². The predicted molar refractivity (Wildman–Crippen MR) is 139 cm³/mol. The lowest BCUT2D eigenvalue weighted by Gasteiger charge is -2.36. The van der Waals surface area contributed by atoms with Crippen LogP contribution in [-0.4, -0.2) is 40.9 Å². The van der Waals surface area contributed by atoms with Crippen LogP contribution in [0.25, 0.3) is 5.69 Å². The smallest absolute Gasteiger partial charge is 0.316 e. The molecule has 1 aliphatic rings. The Kier molecular flexibility index (Phi) is 7.09. The minimum atomic E-state index is -0.279. The number of nitrogens with zero attached hydrogens (tertiary/aromatic N) is 4. The van der Waals surface area contributed by atoms with E-state index in [9.17, 15) is 9.18 Å².